The second-order valence-corrected chi connectivity index (χ2v) is 15.2. The van der Waals surface area contributed by atoms with Gasteiger partial charge in [-0.05, 0) is 58.5 Å². The Kier molecular flexibility index (Phi) is 9.11. The molecule has 0 fully saturated rings. The van der Waals surface area contributed by atoms with Gasteiger partial charge in [0.2, 0.25) is 11.2 Å². The SMILES string of the molecule is [I-].[I-].c1ccc([Si](c2ccccc2)c2cc3sc4ccc(Cc5ccccc5-c5cccc[nH+]5)c5c6[nH+]cccc6c(c2)c3c45)cc1. The molecule has 0 bridgehead atoms. The number of aromatic amines is 2. The van der Waals surface area contributed by atoms with Gasteiger partial charge in [-0.3, -0.25) is 0 Å². The number of nitrogens with one attached hydrogen (secondary N) is 2. The van der Waals surface area contributed by atoms with Gasteiger partial charge in [-0.25, -0.2) is 9.97 Å². The Labute approximate surface area is 313 Å². The van der Waals surface area contributed by atoms with E-state index >= 15 is 0 Å². The Hall–Kier alpha value is -3.70. The zero-order valence-electron chi connectivity index (χ0n) is 25.3. The number of halogens is 2. The Bertz CT molecular complexity index is 2430. The second-order valence-electron chi connectivity index (χ2n) is 11.6. The minimum atomic E-state index is -1.20. The first-order chi connectivity index (χ1) is 22.3. The van der Waals surface area contributed by atoms with Crippen LogP contribution in [0.1, 0.15) is 11.1 Å². The highest BCUT2D eigenvalue weighted by atomic mass is 127. The minimum absolute atomic E-state index is 0. The molecule has 2 N–H and O–H groups in total. The lowest BCUT2D eigenvalue weighted by Gasteiger charge is -2.18. The van der Waals surface area contributed by atoms with E-state index in [1.807, 2.05) is 23.6 Å². The van der Waals surface area contributed by atoms with Crippen molar-refractivity contribution in [3.8, 4) is 11.3 Å². The first-order valence-electron chi connectivity index (χ1n) is 15.4. The third-order valence-electron chi connectivity index (χ3n) is 9.03. The van der Waals surface area contributed by atoms with Gasteiger partial charge in [-0.15, -0.1) is 11.3 Å². The van der Waals surface area contributed by atoms with Gasteiger partial charge in [0.25, 0.3) is 0 Å². The molecule has 0 spiro atoms. The molecular weight excluding hydrogens is 834 g/mol. The van der Waals surface area contributed by atoms with Crippen LogP contribution >= 0.6 is 11.3 Å². The molecule has 1 radical (unpaired) electrons. The van der Waals surface area contributed by atoms with Crippen LogP contribution in [-0.2, 0) is 6.42 Å². The van der Waals surface area contributed by atoms with Crippen molar-refractivity contribution in [3.05, 3.63) is 163 Å². The van der Waals surface area contributed by atoms with Crippen molar-refractivity contribution in [1.29, 1.82) is 0 Å². The molecule has 0 atom stereocenters. The van der Waals surface area contributed by atoms with Crippen LogP contribution in [0.3, 0.4) is 0 Å². The summed E-state index contributed by atoms with van der Waals surface area (Å²) in [6.45, 7) is 0. The summed E-state index contributed by atoms with van der Waals surface area (Å²) in [5.41, 5.74) is 6.27. The van der Waals surface area contributed by atoms with E-state index in [0.29, 0.717) is 0 Å². The third-order valence-corrected chi connectivity index (χ3v) is 12.8. The summed E-state index contributed by atoms with van der Waals surface area (Å²) in [5.74, 6) is 0. The molecule has 0 amide bonds. The molecule has 6 heteroatoms. The highest BCUT2D eigenvalue weighted by Crippen LogP contribution is 2.45. The predicted molar refractivity (Wildman–Crippen MR) is 191 cm³/mol. The zero-order chi connectivity index (χ0) is 29.7. The van der Waals surface area contributed by atoms with Crippen LogP contribution in [0.2, 0.25) is 0 Å². The van der Waals surface area contributed by atoms with Gasteiger partial charge in [0.1, 0.15) is 0 Å². The van der Waals surface area contributed by atoms with Gasteiger partial charge < -0.3 is 48.0 Å². The summed E-state index contributed by atoms with van der Waals surface area (Å²) in [6, 6.07) is 51.4. The van der Waals surface area contributed by atoms with E-state index in [-0.39, 0.29) is 48.0 Å². The Morgan fingerprint density at radius 3 is 1.94 bits per heavy atom. The molecule has 0 saturated carbocycles. The van der Waals surface area contributed by atoms with E-state index < -0.39 is 8.80 Å². The van der Waals surface area contributed by atoms with Gasteiger partial charge in [0.15, 0.2) is 21.2 Å². The molecule has 0 aliphatic heterocycles. The molecule has 0 aliphatic rings. The van der Waals surface area contributed by atoms with Gasteiger partial charge in [-0.1, -0.05) is 101 Å². The molecule has 0 aliphatic carbocycles. The normalized spacial score (nSPS) is 11.3. The average Bonchev–Trinajstić information content (AvgIpc) is 3.48. The summed E-state index contributed by atoms with van der Waals surface area (Å²) in [6.07, 6.45) is 4.94. The van der Waals surface area contributed by atoms with Crippen molar-refractivity contribution in [3.63, 3.8) is 0 Å². The van der Waals surface area contributed by atoms with Crippen LogP contribution in [0.4, 0.5) is 0 Å². The summed E-state index contributed by atoms with van der Waals surface area (Å²) in [7, 11) is -1.20. The number of fused-ring (bicyclic) bond motifs is 3. The number of pyridine rings is 2. The number of H-pyrrole nitrogens is 2. The monoisotopic (exact) mass is 863 g/mol. The number of thiophene rings is 1. The fourth-order valence-electron chi connectivity index (χ4n) is 7.10. The van der Waals surface area contributed by atoms with Crippen LogP contribution in [0.5, 0.6) is 0 Å². The van der Waals surface area contributed by atoms with Crippen LogP contribution in [-0.4, -0.2) is 8.80 Å². The van der Waals surface area contributed by atoms with Crippen molar-refractivity contribution < 1.29 is 57.9 Å². The van der Waals surface area contributed by atoms with Crippen LogP contribution in [0, 0.1) is 0 Å². The number of hydrogen-bond donors (Lipinski definition) is 0. The Balaban J connectivity index is 0.00000176. The lowest BCUT2D eigenvalue weighted by molar-refractivity contribution is -0.364. The molecule has 227 valence electrons. The maximum absolute atomic E-state index is 3.71. The topological polar surface area (TPSA) is 28.3 Å². The molecule has 2 nitrogen and oxygen atoms in total. The van der Waals surface area contributed by atoms with Gasteiger partial charge in [-0.2, -0.15) is 0 Å². The summed E-state index contributed by atoms with van der Waals surface area (Å²) < 4.78 is 2.72. The standard InChI is InChI=1S/C41H27N2SSi.2HI/c1-3-13-29(14-4-1)45(30-15-5-2-6-16-30)31-25-34-33-18-11-23-43-41(33)38-28(20-21-36-40(38)39(34)37(26-31)44-36)24-27-12-7-8-17-32(27)35-19-9-10-22-42-35;;/h1-23,25-26H,24H2;2*1H. The van der Waals surface area contributed by atoms with E-state index in [0.717, 1.165) is 12.1 Å². The molecule has 9 aromatic rings. The van der Waals surface area contributed by atoms with Crippen molar-refractivity contribution in [2.45, 2.75) is 6.42 Å². The van der Waals surface area contributed by atoms with Crippen molar-refractivity contribution in [2.24, 2.45) is 0 Å². The summed E-state index contributed by atoms with van der Waals surface area (Å²) >= 11 is 1.93. The average molecular weight is 864 g/mol. The second kappa shape index (κ2) is 13.4. The molecular formula is C41H29I2N2SSi. The maximum Gasteiger partial charge on any atom is 0.219 e. The molecule has 47 heavy (non-hydrogen) atoms. The third kappa shape index (κ3) is 5.54. The van der Waals surface area contributed by atoms with E-state index in [1.165, 1.54) is 74.1 Å². The maximum atomic E-state index is 3.71. The molecule has 6 aromatic carbocycles. The number of hydrogen-bond acceptors (Lipinski definition) is 1. The van der Waals surface area contributed by atoms with Gasteiger partial charge in [0.05, 0.1) is 10.8 Å². The smallest absolute Gasteiger partial charge is 0.219 e. The van der Waals surface area contributed by atoms with Crippen molar-refractivity contribution in [2.75, 3.05) is 0 Å². The minimum Gasteiger partial charge on any atom is -1.00 e. The first kappa shape index (κ1) is 31.9. The number of benzene rings is 6. The van der Waals surface area contributed by atoms with Crippen LogP contribution < -0.4 is 73.5 Å². The lowest BCUT2D eigenvalue weighted by atomic mass is 9.90. The van der Waals surface area contributed by atoms with E-state index in [1.54, 1.807) is 0 Å². The highest BCUT2D eigenvalue weighted by molar-refractivity contribution is 7.26. The number of aromatic nitrogens is 2. The lowest BCUT2D eigenvalue weighted by Crippen LogP contribution is -3.00. The van der Waals surface area contributed by atoms with Gasteiger partial charge in [0, 0.05) is 43.9 Å². The van der Waals surface area contributed by atoms with E-state index in [2.05, 4.69) is 150 Å². The predicted octanol–water partition coefficient (Wildman–Crippen LogP) is 1.21. The van der Waals surface area contributed by atoms with E-state index in [4.69, 9.17) is 0 Å². The van der Waals surface area contributed by atoms with Crippen molar-refractivity contribution in [1.82, 2.24) is 0 Å². The van der Waals surface area contributed by atoms with Gasteiger partial charge >= 0.3 is 0 Å². The zero-order valence-corrected chi connectivity index (χ0v) is 31.4. The number of rotatable bonds is 6. The van der Waals surface area contributed by atoms with Crippen molar-refractivity contribution >= 4 is 77.5 Å². The molecule has 0 unspecified atom stereocenters. The Morgan fingerprint density at radius 1 is 0.489 bits per heavy atom. The molecule has 9 rings (SSSR count). The molecule has 3 heterocycles. The quantitative estimate of drug-likeness (QED) is 0.104. The van der Waals surface area contributed by atoms with E-state index in [9.17, 15) is 0 Å². The summed E-state index contributed by atoms with van der Waals surface area (Å²) in [5, 5.41) is 11.0. The first-order valence-corrected chi connectivity index (χ1v) is 17.7. The molecule has 3 aromatic heterocycles. The highest BCUT2D eigenvalue weighted by Gasteiger charge is 2.26. The van der Waals surface area contributed by atoms with Crippen LogP contribution in [0.25, 0.3) is 53.1 Å². The fraction of sp³-hybridized carbons (Fsp3) is 0.0244. The largest absolute Gasteiger partial charge is 1.00 e. The fourth-order valence-corrected chi connectivity index (χ4v) is 11.0. The summed E-state index contributed by atoms with van der Waals surface area (Å²) in [4.78, 5) is 7.16. The molecule has 0 saturated heterocycles. The Morgan fingerprint density at radius 2 is 1.19 bits per heavy atom. The van der Waals surface area contributed by atoms with Crippen LogP contribution in [0.15, 0.2) is 152 Å².